The van der Waals surface area contributed by atoms with Crippen LogP contribution in [0.4, 0.5) is 5.82 Å². The van der Waals surface area contributed by atoms with Crippen LogP contribution in [0.25, 0.3) is 33.1 Å². The minimum absolute atomic E-state index is 0.0468. The molecule has 0 bridgehead atoms. The molecule has 160 valence electrons. The van der Waals surface area contributed by atoms with Crippen LogP contribution in [0.1, 0.15) is 24.1 Å². The predicted octanol–water partition coefficient (Wildman–Crippen LogP) is 3.79. The van der Waals surface area contributed by atoms with Crippen LogP contribution in [-0.2, 0) is 7.05 Å². The zero-order chi connectivity index (χ0) is 22.2. The SMILES string of the molecule is Cc1ccc(-c2cc(NC[C@@H](C)c3cccc4c3ncc3[nH]n(C)c(=O)c34)ncn2)cn1. The fourth-order valence-corrected chi connectivity index (χ4v) is 3.96. The Morgan fingerprint density at radius 3 is 2.78 bits per heavy atom. The first kappa shape index (κ1) is 19.9. The Morgan fingerprint density at radius 2 is 1.97 bits per heavy atom. The van der Waals surface area contributed by atoms with Crippen molar-refractivity contribution in [3.63, 3.8) is 0 Å². The molecule has 0 saturated heterocycles. The molecule has 0 fully saturated rings. The van der Waals surface area contributed by atoms with E-state index in [0.717, 1.165) is 44.8 Å². The highest BCUT2D eigenvalue weighted by atomic mass is 16.1. The summed E-state index contributed by atoms with van der Waals surface area (Å²) < 4.78 is 1.49. The number of fused-ring (bicyclic) bond motifs is 3. The number of aromatic nitrogens is 6. The molecule has 0 unspecified atom stereocenters. The lowest BCUT2D eigenvalue weighted by molar-refractivity contribution is 0.751. The Morgan fingerprint density at radius 1 is 1.09 bits per heavy atom. The van der Waals surface area contributed by atoms with Crippen LogP contribution in [0.2, 0.25) is 0 Å². The zero-order valence-corrected chi connectivity index (χ0v) is 18.1. The van der Waals surface area contributed by atoms with Crippen LogP contribution in [0, 0.1) is 6.92 Å². The van der Waals surface area contributed by atoms with Gasteiger partial charge in [-0.05, 0) is 24.6 Å². The lowest BCUT2D eigenvalue weighted by Gasteiger charge is -2.16. The maximum absolute atomic E-state index is 12.6. The number of nitrogens with zero attached hydrogens (tertiary/aromatic N) is 5. The molecule has 0 radical (unpaired) electrons. The number of benzene rings is 1. The van der Waals surface area contributed by atoms with Gasteiger partial charge in [-0.15, -0.1) is 0 Å². The standard InChI is InChI=1S/C24H23N7O/c1-14(10-26-21-9-19(28-13-29-21)16-8-7-15(2)25-11-16)17-5-4-6-18-22-20(12-27-23(17)18)30-31(3)24(22)32/h4-9,11-14,30H,10H2,1-3H3,(H,26,28,29)/t14-/m1/s1. The molecule has 0 amide bonds. The van der Waals surface area contributed by atoms with Gasteiger partial charge in [0.05, 0.1) is 28.3 Å². The number of aryl methyl sites for hydroxylation is 2. The van der Waals surface area contributed by atoms with Crippen LogP contribution in [0.5, 0.6) is 0 Å². The van der Waals surface area contributed by atoms with E-state index in [1.807, 2.05) is 43.5 Å². The summed E-state index contributed by atoms with van der Waals surface area (Å²) in [5.74, 6) is 0.892. The fourth-order valence-electron chi connectivity index (χ4n) is 3.96. The van der Waals surface area contributed by atoms with E-state index in [9.17, 15) is 4.79 Å². The first-order chi connectivity index (χ1) is 15.5. The van der Waals surface area contributed by atoms with Gasteiger partial charge in [0.1, 0.15) is 12.1 Å². The van der Waals surface area contributed by atoms with Crippen LogP contribution in [-0.4, -0.2) is 36.3 Å². The summed E-state index contributed by atoms with van der Waals surface area (Å²) >= 11 is 0. The van der Waals surface area contributed by atoms with E-state index in [1.54, 1.807) is 19.6 Å². The van der Waals surface area contributed by atoms with E-state index in [1.165, 1.54) is 4.68 Å². The molecular weight excluding hydrogens is 402 g/mol. The predicted molar refractivity (Wildman–Crippen MR) is 126 cm³/mol. The van der Waals surface area contributed by atoms with E-state index in [2.05, 4.69) is 43.3 Å². The van der Waals surface area contributed by atoms with Gasteiger partial charge in [-0.25, -0.2) is 9.97 Å². The van der Waals surface area contributed by atoms with Gasteiger partial charge in [0.25, 0.3) is 5.56 Å². The third-order valence-electron chi connectivity index (χ3n) is 5.73. The Bertz CT molecular complexity index is 1480. The van der Waals surface area contributed by atoms with Crippen molar-refractivity contribution in [1.82, 2.24) is 29.7 Å². The third kappa shape index (κ3) is 3.49. The number of nitrogens with one attached hydrogen (secondary N) is 2. The summed E-state index contributed by atoms with van der Waals surface area (Å²) in [6.07, 6.45) is 5.10. The number of pyridine rings is 2. The maximum Gasteiger partial charge on any atom is 0.274 e. The van der Waals surface area contributed by atoms with E-state index < -0.39 is 0 Å². The van der Waals surface area contributed by atoms with Gasteiger partial charge >= 0.3 is 0 Å². The third-order valence-corrected chi connectivity index (χ3v) is 5.73. The quantitative estimate of drug-likeness (QED) is 0.444. The minimum atomic E-state index is -0.0468. The number of hydrogen-bond acceptors (Lipinski definition) is 6. The molecule has 8 nitrogen and oxygen atoms in total. The highest BCUT2D eigenvalue weighted by molar-refractivity contribution is 6.04. The number of H-pyrrole nitrogens is 1. The summed E-state index contributed by atoms with van der Waals surface area (Å²) in [6, 6.07) is 11.9. The monoisotopic (exact) mass is 425 g/mol. The molecule has 0 aliphatic heterocycles. The van der Waals surface area contributed by atoms with Gasteiger partial charge in [0.2, 0.25) is 0 Å². The van der Waals surface area contributed by atoms with Gasteiger partial charge < -0.3 is 5.32 Å². The van der Waals surface area contributed by atoms with Gasteiger partial charge in [0, 0.05) is 48.4 Å². The van der Waals surface area contributed by atoms with Crippen LogP contribution >= 0.6 is 0 Å². The summed E-state index contributed by atoms with van der Waals surface area (Å²) in [4.78, 5) is 30.3. The maximum atomic E-state index is 12.6. The van der Waals surface area contributed by atoms with E-state index in [0.29, 0.717) is 11.9 Å². The van der Waals surface area contributed by atoms with E-state index in [4.69, 9.17) is 0 Å². The molecule has 0 aliphatic carbocycles. The van der Waals surface area contributed by atoms with Crippen LogP contribution in [0.3, 0.4) is 0 Å². The Kier molecular flexibility index (Phi) is 4.89. The smallest absolute Gasteiger partial charge is 0.274 e. The second kappa shape index (κ2) is 7.88. The summed E-state index contributed by atoms with van der Waals surface area (Å²) in [6.45, 7) is 4.75. The van der Waals surface area contributed by atoms with E-state index >= 15 is 0 Å². The molecule has 0 spiro atoms. The van der Waals surface area contributed by atoms with Crippen molar-refractivity contribution >= 4 is 27.6 Å². The molecule has 5 aromatic rings. The number of aromatic amines is 1. The molecular formula is C24H23N7O. The van der Waals surface area contributed by atoms with Gasteiger partial charge in [-0.1, -0.05) is 25.1 Å². The Hall–Kier alpha value is -4.07. The molecule has 32 heavy (non-hydrogen) atoms. The molecule has 2 N–H and O–H groups in total. The lowest BCUT2D eigenvalue weighted by Crippen LogP contribution is -2.13. The zero-order valence-electron chi connectivity index (χ0n) is 18.1. The molecule has 0 saturated carbocycles. The fraction of sp³-hybridized carbons (Fsp3) is 0.208. The van der Waals surface area contributed by atoms with E-state index in [-0.39, 0.29) is 11.5 Å². The Labute approximate surface area is 184 Å². The molecule has 1 atom stereocenters. The van der Waals surface area contributed by atoms with Gasteiger partial charge in [0.15, 0.2) is 0 Å². The lowest BCUT2D eigenvalue weighted by atomic mass is 9.97. The summed E-state index contributed by atoms with van der Waals surface area (Å²) in [5.41, 5.74) is 5.36. The average Bonchev–Trinajstić information content (AvgIpc) is 3.11. The number of anilines is 1. The van der Waals surface area contributed by atoms with Crippen LogP contribution < -0.4 is 10.9 Å². The normalized spacial score (nSPS) is 12.3. The summed E-state index contributed by atoms with van der Waals surface area (Å²) in [7, 11) is 1.72. The Balaban J connectivity index is 1.42. The second-order valence-corrected chi connectivity index (χ2v) is 8.02. The largest absolute Gasteiger partial charge is 0.369 e. The molecule has 1 aromatic carbocycles. The molecule has 4 aromatic heterocycles. The second-order valence-electron chi connectivity index (χ2n) is 8.02. The highest BCUT2D eigenvalue weighted by Gasteiger charge is 2.15. The molecule has 8 heteroatoms. The van der Waals surface area contributed by atoms with Crippen molar-refractivity contribution in [2.45, 2.75) is 19.8 Å². The first-order valence-corrected chi connectivity index (χ1v) is 10.5. The molecule has 5 rings (SSSR count). The van der Waals surface area contributed by atoms with Crippen LogP contribution in [0.15, 0.2) is 59.9 Å². The topological polar surface area (TPSA) is 101 Å². The number of hydrogen-bond donors (Lipinski definition) is 2. The molecule has 0 aliphatic rings. The van der Waals surface area contributed by atoms with Crippen molar-refractivity contribution in [2.24, 2.45) is 7.05 Å². The molecule has 4 heterocycles. The van der Waals surface area contributed by atoms with Crippen molar-refractivity contribution in [3.05, 3.63) is 76.7 Å². The van der Waals surface area contributed by atoms with Gasteiger partial charge in [-0.2, -0.15) is 0 Å². The van der Waals surface area contributed by atoms with Crippen molar-refractivity contribution in [2.75, 3.05) is 11.9 Å². The van der Waals surface area contributed by atoms with Crippen molar-refractivity contribution in [1.29, 1.82) is 0 Å². The summed E-state index contributed by atoms with van der Waals surface area (Å²) in [5, 5.41) is 8.00. The number of rotatable bonds is 5. The van der Waals surface area contributed by atoms with Crippen molar-refractivity contribution in [3.8, 4) is 11.3 Å². The van der Waals surface area contributed by atoms with Crippen molar-refractivity contribution < 1.29 is 0 Å². The minimum Gasteiger partial charge on any atom is -0.369 e. The first-order valence-electron chi connectivity index (χ1n) is 10.5. The van der Waals surface area contributed by atoms with Gasteiger partial charge in [-0.3, -0.25) is 24.5 Å². The number of para-hydroxylation sites is 1. The average molecular weight is 425 g/mol. The highest BCUT2D eigenvalue weighted by Crippen LogP contribution is 2.28.